The van der Waals surface area contributed by atoms with Gasteiger partial charge in [-0.15, -0.1) is 0 Å². The van der Waals surface area contributed by atoms with Crippen molar-refractivity contribution in [2.45, 2.75) is 13.0 Å². The molecule has 3 aromatic carbocycles. The summed E-state index contributed by atoms with van der Waals surface area (Å²) in [5.41, 5.74) is 5.01. The zero-order valence-electron chi connectivity index (χ0n) is 14.9. The molecule has 0 aromatic heterocycles. The Kier molecular flexibility index (Phi) is 6.92. The van der Waals surface area contributed by atoms with Crippen molar-refractivity contribution in [1.82, 2.24) is 5.43 Å². The molecule has 0 unspecified atom stereocenters. The number of nitrogens with zero attached hydrogens (tertiary/aromatic N) is 1. The van der Waals surface area contributed by atoms with E-state index in [0.717, 1.165) is 21.2 Å². The van der Waals surface area contributed by atoms with Gasteiger partial charge in [0.15, 0.2) is 0 Å². The maximum absolute atomic E-state index is 13.0. The predicted octanol–water partition coefficient (Wildman–Crippen LogP) is 4.86. The lowest BCUT2D eigenvalue weighted by Gasteiger charge is -2.09. The van der Waals surface area contributed by atoms with Gasteiger partial charge in [-0.3, -0.25) is 4.79 Å². The number of halogens is 2. The molecule has 0 atom stereocenters. The maximum atomic E-state index is 13.0. The lowest BCUT2D eigenvalue weighted by atomic mass is 10.1. The number of carbonyl (C=O) groups excluding carboxylic acids is 1. The van der Waals surface area contributed by atoms with E-state index in [1.165, 1.54) is 12.1 Å². The fraction of sp³-hybridized carbons (Fsp3) is 0.0909. The molecule has 0 saturated heterocycles. The maximum Gasteiger partial charge on any atom is 0.244 e. The van der Waals surface area contributed by atoms with Crippen LogP contribution in [0.5, 0.6) is 5.75 Å². The molecular weight excluding hydrogens is 423 g/mol. The minimum absolute atomic E-state index is 0.205. The van der Waals surface area contributed by atoms with Crippen molar-refractivity contribution in [3.63, 3.8) is 0 Å². The minimum atomic E-state index is -0.282. The van der Waals surface area contributed by atoms with E-state index in [4.69, 9.17) is 4.74 Å². The van der Waals surface area contributed by atoms with Crippen LogP contribution in [0.2, 0.25) is 0 Å². The summed E-state index contributed by atoms with van der Waals surface area (Å²) in [7, 11) is 0. The van der Waals surface area contributed by atoms with Gasteiger partial charge in [-0.1, -0.05) is 52.3 Å². The second-order valence-corrected chi connectivity index (χ2v) is 6.97. The average molecular weight is 441 g/mol. The molecule has 0 aliphatic heterocycles. The summed E-state index contributed by atoms with van der Waals surface area (Å²) in [5, 5.41) is 4.02. The van der Waals surface area contributed by atoms with Crippen LogP contribution in [0.4, 0.5) is 4.39 Å². The fourth-order valence-electron chi connectivity index (χ4n) is 2.46. The summed E-state index contributed by atoms with van der Waals surface area (Å²) >= 11 is 3.36. The zero-order valence-corrected chi connectivity index (χ0v) is 16.5. The summed E-state index contributed by atoms with van der Waals surface area (Å²) in [5.74, 6) is 0.135. The number of ether oxygens (including phenoxy) is 1. The summed E-state index contributed by atoms with van der Waals surface area (Å²) in [6.45, 7) is 0.307. The molecule has 1 N–H and O–H groups in total. The topological polar surface area (TPSA) is 50.7 Å². The van der Waals surface area contributed by atoms with Crippen molar-refractivity contribution in [2.24, 2.45) is 5.10 Å². The molecular formula is C22H18BrFN2O2. The first-order valence-corrected chi connectivity index (χ1v) is 9.42. The summed E-state index contributed by atoms with van der Waals surface area (Å²) in [6.07, 6.45) is 1.78. The highest BCUT2D eigenvalue weighted by molar-refractivity contribution is 9.10. The number of nitrogens with one attached hydrogen (secondary N) is 1. The third kappa shape index (κ3) is 6.03. The Morgan fingerprint density at radius 2 is 1.68 bits per heavy atom. The number of para-hydroxylation sites is 1. The molecule has 0 heterocycles. The molecule has 3 rings (SSSR count). The Morgan fingerprint density at radius 3 is 2.43 bits per heavy atom. The quantitative estimate of drug-likeness (QED) is 0.421. The first-order valence-electron chi connectivity index (χ1n) is 8.63. The van der Waals surface area contributed by atoms with Crippen molar-refractivity contribution >= 4 is 28.1 Å². The largest absolute Gasteiger partial charge is 0.488 e. The van der Waals surface area contributed by atoms with E-state index in [9.17, 15) is 9.18 Å². The molecule has 1 amide bonds. The molecule has 0 aliphatic rings. The van der Waals surface area contributed by atoms with Crippen LogP contribution in [0.3, 0.4) is 0 Å². The highest BCUT2D eigenvalue weighted by Crippen LogP contribution is 2.18. The monoisotopic (exact) mass is 440 g/mol. The van der Waals surface area contributed by atoms with Gasteiger partial charge < -0.3 is 4.74 Å². The third-order valence-electron chi connectivity index (χ3n) is 3.90. The van der Waals surface area contributed by atoms with E-state index in [2.05, 4.69) is 26.5 Å². The number of rotatable bonds is 7. The fourth-order valence-corrected chi connectivity index (χ4v) is 2.73. The van der Waals surface area contributed by atoms with Crippen molar-refractivity contribution < 1.29 is 13.9 Å². The van der Waals surface area contributed by atoms with Gasteiger partial charge >= 0.3 is 0 Å². The third-order valence-corrected chi connectivity index (χ3v) is 4.43. The van der Waals surface area contributed by atoms with Gasteiger partial charge in [-0.25, -0.2) is 9.82 Å². The lowest BCUT2D eigenvalue weighted by molar-refractivity contribution is -0.120. The van der Waals surface area contributed by atoms with Gasteiger partial charge in [0.25, 0.3) is 0 Å². The van der Waals surface area contributed by atoms with E-state index >= 15 is 0 Å². The van der Waals surface area contributed by atoms with Crippen LogP contribution in [0.1, 0.15) is 16.7 Å². The second kappa shape index (κ2) is 9.80. The molecule has 0 saturated carbocycles. The average Bonchev–Trinajstić information content (AvgIpc) is 2.70. The Morgan fingerprint density at radius 1 is 1.00 bits per heavy atom. The Hall–Kier alpha value is -2.99. The van der Waals surface area contributed by atoms with Crippen LogP contribution in [-0.2, 0) is 17.8 Å². The molecule has 28 heavy (non-hydrogen) atoms. The molecule has 3 aromatic rings. The minimum Gasteiger partial charge on any atom is -0.488 e. The smallest absolute Gasteiger partial charge is 0.244 e. The highest BCUT2D eigenvalue weighted by Gasteiger charge is 2.04. The van der Waals surface area contributed by atoms with Crippen LogP contribution in [0.25, 0.3) is 0 Å². The summed E-state index contributed by atoms with van der Waals surface area (Å²) in [4.78, 5) is 12.0. The molecule has 0 fully saturated rings. The van der Waals surface area contributed by atoms with Crippen LogP contribution in [-0.4, -0.2) is 12.1 Å². The van der Waals surface area contributed by atoms with Gasteiger partial charge in [0, 0.05) is 10.0 Å². The van der Waals surface area contributed by atoms with Gasteiger partial charge in [0.05, 0.1) is 12.6 Å². The van der Waals surface area contributed by atoms with E-state index < -0.39 is 0 Å². The van der Waals surface area contributed by atoms with Crippen molar-refractivity contribution in [2.75, 3.05) is 0 Å². The highest BCUT2D eigenvalue weighted by atomic mass is 79.9. The summed E-state index contributed by atoms with van der Waals surface area (Å²) < 4.78 is 19.7. The predicted molar refractivity (Wildman–Crippen MR) is 111 cm³/mol. The van der Waals surface area contributed by atoms with E-state index in [-0.39, 0.29) is 18.1 Å². The van der Waals surface area contributed by atoms with Crippen molar-refractivity contribution in [3.8, 4) is 5.75 Å². The normalized spacial score (nSPS) is 10.8. The van der Waals surface area contributed by atoms with Crippen LogP contribution in [0.15, 0.2) is 82.4 Å². The lowest BCUT2D eigenvalue weighted by Crippen LogP contribution is -2.19. The van der Waals surface area contributed by atoms with Gasteiger partial charge in [0.1, 0.15) is 18.2 Å². The van der Waals surface area contributed by atoms with E-state index in [0.29, 0.717) is 12.4 Å². The zero-order chi connectivity index (χ0) is 19.8. The standard InChI is InChI=1S/C22H18BrFN2O2/c23-19-9-5-16(6-10-19)13-22(27)26-25-14-18-3-1-2-4-21(18)28-15-17-7-11-20(24)12-8-17/h1-12,14H,13,15H2,(H,26,27)/b25-14-. The first kappa shape index (κ1) is 19.8. The molecule has 6 heteroatoms. The number of amides is 1. The number of hydrogen-bond acceptors (Lipinski definition) is 3. The van der Waals surface area contributed by atoms with Crippen molar-refractivity contribution in [1.29, 1.82) is 0 Å². The Bertz CT molecular complexity index is 957. The molecule has 0 bridgehead atoms. The van der Waals surface area contributed by atoms with E-state index in [1.807, 2.05) is 48.5 Å². The molecule has 0 aliphatic carbocycles. The van der Waals surface area contributed by atoms with Gasteiger partial charge in [-0.05, 0) is 47.5 Å². The number of hydrogen-bond donors (Lipinski definition) is 1. The molecule has 142 valence electrons. The number of carbonyl (C=O) groups is 1. The molecule has 0 radical (unpaired) electrons. The number of hydrazone groups is 1. The van der Waals surface area contributed by atoms with Crippen LogP contribution in [0, 0.1) is 5.82 Å². The van der Waals surface area contributed by atoms with Gasteiger partial charge in [0.2, 0.25) is 5.91 Å². The Labute approximate surface area is 171 Å². The first-order chi connectivity index (χ1) is 13.6. The van der Waals surface area contributed by atoms with E-state index in [1.54, 1.807) is 18.3 Å². The van der Waals surface area contributed by atoms with Gasteiger partial charge in [-0.2, -0.15) is 5.10 Å². The van der Waals surface area contributed by atoms with Crippen LogP contribution < -0.4 is 10.2 Å². The van der Waals surface area contributed by atoms with Crippen molar-refractivity contribution in [3.05, 3.63) is 99.8 Å². The molecule has 0 spiro atoms. The Balaban J connectivity index is 1.56. The summed E-state index contributed by atoms with van der Waals surface area (Å²) in [6, 6.07) is 21.0. The second-order valence-electron chi connectivity index (χ2n) is 6.05. The van der Waals surface area contributed by atoms with Crippen LogP contribution >= 0.6 is 15.9 Å². The number of benzene rings is 3. The molecule has 4 nitrogen and oxygen atoms in total. The SMILES string of the molecule is O=C(Cc1ccc(Br)cc1)N/N=C\c1ccccc1OCc1ccc(F)cc1.